The van der Waals surface area contributed by atoms with Crippen LogP contribution in [0.25, 0.3) is 0 Å². The Hall–Kier alpha value is -0.0400. The fraction of sp³-hybridized carbons (Fsp3) is 1.00. The monoisotopic (exact) mass is 156 g/mol. The van der Waals surface area contributed by atoms with Crippen molar-refractivity contribution in [3.63, 3.8) is 0 Å². The second-order valence-corrected chi connectivity index (χ2v) is 5.17. The Morgan fingerprint density at radius 2 is 1.91 bits per heavy atom. The minimum Gasteiger partial charge on any atom is -0.390 e. The minimum absolute atomic E-state index is 0.264. The number of hydrogen-bond donors (Lipinski definition) is 1. The van der Waals surface area contributed by atoms with Crippen molar-refractivity contribution < 1.29 is 5.11 Å². The third-order valence-corrected chi connectivity index (χ3v) is 2.97. The molecule has 1 saturated carbocycles. The molecule has 0 spiro atoms. The van der Waals surface area contributed by atoms with Crippen molar-refractivity contribution in [2.24, 2.45) is 11.3 Å². The highest BCUT2D eigenvalue weighted by atomic mass is 16.3. The summed E-state index contributed by atoms with van der Waals surface area (Å²) in [5, 5.41) is 9.99. The van der Waals surface area contributed by atoms with Crippen molar-refractivity contribution in [2.75, 3.05) is 0 Å². The molecular weight excluding hydrogens is 136 g/mol. The van der Waals surface area contributed by atoms with E-state index in [1.165, 1.54) is 12.8 Å². The molecule has 1 fully saturated rings. The fourth-order valence-corrected chi connectivity index (χ4v) is 2.52. The Bertz CT molecular complexity index is 141. The summed E-state index contributed by atoms with van der Waals surface area (Å²) in [6.45, 7) is 8.64. The predicted molar refractivity (Wildman–Crippen MR) is 47.4 cm³/mol. The molecule has 0 heterocycles. The van der Waals surface area contributed by atoms with Crippen molar-refractivity contribution in [1.29, 1.82) is 0 Å². The highest BCUT2D eigenvalue weighted by Gasteiger charge is 2.43. The molecule has 0 saturated heterocycles. The maximum Gasteiger partial charge on any atom is 0.0652 e. The van der Waals surface area contributed by atoms with Crippen LogP contribution in [-0.4, -0.2) is 10.7 Å². The van der Waals surface area contributed by atoms with E-state index in [-0.39, 0.29) is 5.41 Å². The summed E-state index contributed by atoms with van der Waals surface area (Å²) in [6.07, 6.45) is 3.36. The van der Waals surface area contributed by atoms with E-state index in [1.807, 2.05) is 6.92 Å². The lowest BCUT2D eigenvalue weighted by molar-refractivity contribution is -0.0238. The largest absolute Gasteiger partial charge is 0.390 e. The Morgan fingerprint density at radius 1 is 1.36 bits per heavy atom. The molecule has 1 rings (SSSR count). The molecule has 66 valence electrons. The highest BCUT2D eigenvalue weighted by molar-refractivity contribution is 4.94. The number of rotatable bonds is 0. The van der Waals surface area contributed by atoms with Crippen molar-refractivity contribution >= 4 is 0 Å². The fourth-order valence-electron chi connectivity index (χ4n) is 2.52. The van der Waals surface area contributed by atoms with Crippen LogP contribution in [0.4, 0.5) is 0 Å². The van der Waals surface area contributed by atoms with Crippen molar-refractivity contribution in [2.45, 2.75) is 52.6 Å². The maximum absolute atomic E-state index is 9.99. The van der Waals surface area contributed by atoms with Gasteiger partial charge in [0.2, 0.25) is 0 Å². The first-order valence-corrected chi connectivity index (χ1v) is 4.56. The van der Waals surface area contributed by atoms with Gasteiger partial charge >= 0.3 is 0 Å². The number of aliphatic hydroxyl groups is 1. The van der Waals surface area contributed by atoms with E-state index < -0.39 is 5.60 Å². The third-order valence-electron chi connectivity index (χ3n) is 2.97. The molecule has 0 aromatic rings. The molecule has 0 aromatic heterocycles. The molecule has 1 nitrogen and oxygen atoms in total. The maximum atomic E-state index is 9.99. The van der Waals surface area contributed by atoms with Gasteiger partial charge in [0, 0.05) is 0 Å². The summed E-state index contributed by atoms with van der Waals surface area (Å²) >= 11 is 0. The minimum atomic E-state index is -0.405. The first-order valence-electron chi connectivity index (χ1n) is 4.56. The molecule has 1 N–H and O–H groups in total. The zero-order valence-corrected chi connectivity index (χ0v) is 8.15. The predicted octanol–water partition coefficient (Wildman–Crippen LogP) is 2.58. The molecule has 1 aliphatic rings. The van der Waals surface area contributed by atoms with Crippen LogP contribution < -0.4 is 0 Å². The van der Waals surface area contributed by atoms with Crippen LogP contribution in [0.5, 0.6) is 0 Å². The zero-order chi connectivity index (χ0) is 8.70. The average molecular weight is 156 g/mol. The topological polar surface area (TPSA) is 20.2 Å². The lowest BCUT2D eigenvalue weighted by Gasteiger charge is -2.36. The third kappa shape index (κ3) is 1.76. The van der Waals surface area contributed by atoms with Crippen LogP contribution >= 0.6 is 0 Å². The van der Waals surface area contributed by atoms with Gasteiger partial charge in [0.15, 0.2) is 0 Å². The lowest BCUT2D eigenvalue weighted by atomic mass is 9.73. The Labute approximate surface area is 69.8 Å². The first-order chi connectivity index (χ1) is 4.84. The van der Waals surface area contributed by atoms with E-state index in [1.54, 1.807) is 0 Å². The van der Waals surface area contributed by atoms with E-state index in [0.29, 0.717) is 5.92 Å². The summed E-state index contributed by atoms with van der Waals surface area (Å²) in [4.78, 5) is 0. The molecule has 1 aliphatic carbocycles. The number of hydrogen-bond acceptors (Lipinski definition) is 1. The average Bonchev–Trinajstić information content (AvgIpc) is 2.06. The van der Waals surface area contributed by atoms with Crippen LogP contribution in [-0.2, 0) is 0 Å². The highest BCUT2D eigenvalue weighted by Crippen LogP contribution is 2.45. The van der Waals surface area contributed by atoms with Crippen LogP contribution in [0, 0.1) is 11.3 Å². The quantitative estimate of drug-likeness (QED) is 0.571. The molecule has 0 unspecified atom stereocenters. The van der Waals surface area contributed by atoms with E-state index in [9.17, 15) is 5.11 Å². The van der Waals surface area contributed by atoms with Crippen LogP contribution in [0.2, 0.25) is 0 Å². The molecule has 0 radical (unpaired) electrons. The summed E-state index contributed by atoms with van der Waals surface area (Å²) in [7, 11) is 0. The van der Waals surface area contributed by atoms with Gasteiger partial charge in [-0.05, 0) is 31.1 Å². The van der Waals surface area contributed by atoms with Crippen molar-refractivity contribution in [1.82, 2.24) is 0 Å². The Kier molecular flexibility index (Phi) is 2.04. The van der Waals surface area contributed by atoms with E-state index in [4.69, 9.17) is 0 Å². The normalized spacial score (nSPS) is 39.5. The van der Waals surface area contributed by atoms with Gasteiger partial charge in [-0.1, -0.05) is 27.2 Å². The molecule has 0 amide bonds. The molecule has 1 heteroatoms. The smallest absolute Gasteiger partial charge is 0.0652 e. The molecule has 2 atom stereocenters. The van der Waals surface area contributed by atoms with Gasteiger partial charge < -0.3 is 5.11 Å². The Balaban J connectivity index is 2.73. The van der Waals surface area contributed by atoms with Gasteiger partial charge in [0.05, 0.1) is 5.60 Å². The van der Waals surface area contributed by atoms with Gasteiger partial charge in [-0.25, -0.2) is 0 Å². The SMILES string of the molecule is CC(C)(C)[C@@H]1CCC[C@]1(C)O. The second kappa shape index (κ2) is 2.48. The van der Waals surface area contributed by atoms with Gasteiger partial charge in [-0.2, -0.15) is 0 Å². The zero-order valence-electron chi connectivity index (χ0n) is 8.15. The van der Waals surface area contributed by atoms with E-state index in [2.05, 4.69) is 20.8 Å². The van der Waals surface area contributed by atoms with Gasteiger partial charge in [-0.3, -0.25) is 0 Å². The molecule has 0 aromatic carbocycles. The molecule has 0 aliphatic heterocycles. The summed E-state index contributed by atoms with van der Waals surface area (Å²) < 4.78 is 0. The van der Waals surface area contributed by atoms with Crippen LogP contribution in [0.3, 0.4) is 0 Å². The van der Waals surface area contributed by atoms with E-state index >= 15 is 0 Å². The summed E-state index contributed by atoms with van der Waals surface area (Å²) in [5.41, 5.74) is -0.141. The van der Waals surface area contributed by atoms with Crippen LogP contribution in [0.1, 0.15) is 47.0 Å². The molecule has 11 heavy (non-hydrogen) atoms. The van der Waals surface area contributed by atoms with Gasteiger partial charge in [0.25, 0.3) is 0 Å². The van der Waals surface area contributed by atoms with Crippen molar-refractivity contribution in [3.05, 3.63) is 0 Å². The van der Waals surface area contributed by atoms with Gasteiger partial charge in [0.1, 0.15) is 0 Å². The van der Waals surface area contributed by atoms with E-state index in [0.717, 1.165) is 6.42 Å². The molecule has 0 bridgehead atoms. The summed E-state index contributed by atoms with van der Waals surface area (Å²) in [5.74, 6) is 0.481. The van der Waals surface area contributed by atoms with Crippen molar-refractivity contribution in [3.8, 4) is 0 Å². The summed E-state index contributed by atoms with van der Waals surface area (Å²) in [6, 6.07) is 0. The van der Waals surface area contributed by atoms with Gasteiger partial charge in [-0.15, -0.1) is 0 Å². The standard InChI is InChI=1S/C10H20O/c1-9(2,3)8-6-5-7-10(8,4)11/h8,11H,5-7H2,1-4H3/t8-,10-/m0/s1. The lowest BCUT2D eigenvalue weighted by Crippen LogP contribution is -2.37. The molecular formula is C10H20O. The second-order valence-electron chi connectivity index (χ2n) is 5.17. The van der Waals surface area contributed by atoms with Crippen LogP contribution in [0.15, 0.2) is 0 Å². The Morgan fingerprint density at radius 3 is 2.09 bits per heavy atom. The first kappa shape index (κ1) is 9.05.